The number of benzene rings is 2. The third-order valence-corrected chi connectivity index (χ3v) is 4.96. The number of anilines is 1. The first-order valence-corrected chi connectivity index (χ1v) is 8.61. The molecule has 3 amide bonds. The van der Waals surface area contributed by atoms with Crippen molar-refractivity contribution in [1.82, 2.24) is 4.90 Å². The van der Waals surface area contributed by atoms with E-state index in [-0.39, 0.29) is 11.9 Å². The molecule has 2 aromatic carbocycles. The summed E-state index contributed by atoms with van der Waals surface area (Å²) in [4.78, 5) is 28.6. The molecule has 2 aromatic rings. The fourth-order valence-electron chi connectivity index (χ4n) is 3.46. The van der Waals surface area contributed by atoms with Crippen LogP contribution in [0.3, 0.4) is 0 Å². The molecule has 1 atom stereocenters. The van der Waals surface area contributed by atoms with Crippen molar-refractivity contribution < 1.29 is 14.3 Å². The molecule has 0 aromatic heterocycles. The smallest absolute Gasteiger partial charge is 0.332 e. The number of halogens is 1. The van der Waals surface area contributed by atoms with Crippen molar-refractivity contribution in [2.24, 2.45) is 0 Å². The Bertz CT molecular complexity index is 824. The van der Waals surface area contributed by atoms with Crippen LogP contribution < -0.4 is 9.64 Å². The molecule has 4 rings (SSSR count). The fourth-order valence-corrected chi connectivity index (χ4v) is 3.68. The van der Waals surface area contributed by atoms with E-state index in [1.165, 1.54) is 4.90 Å². The molecule has 2 heterocycles. The summed E-state index contributed by atoms with van der Waals surface area (Å²) in [5, 5.41) is 0.383. The van der Waals surface area contributed by atoms with Gasteiger partial charge in [0.2, 0.25) is 0 Å². The zero-order valence-electron chi connectivity index (χ0n) is 13.7. The van der Waals surface area contributed by atoms with E-state index in [1.54, 1.807) is 23.1 Å². The summed E-state index contributed by atoms with van der Waals surface area (Å²) >= 11 is 6.22. The number of imide groups is 1. The lowest BCUT2D eigenvalue weighted by molar-refractivity contribution is -0.120. The van der Waals surface area contributed by atoms with Crippen molar-refractivity contribution in [2.45, 2.75) is 25.9 Å². The molecule has 0 unspecified atom stereocenters. The number of hydrogen-bond donors (Lipinski definition) is 0. The number of amides is 3. The molecule has 5 nitrogen and oxygen atoms in total. The molecule has 2 aliphatic heterocycles. The summed E-state index contributed by atoms with van der Waals surface area (Å²) in [7, 11) is 0. The quantitative estimate of drug-likeness (QED) is 0.789. The van der Waals surface area contributed by atoms with E-state index in [0.717, 1.165) is 11.1 Å². The van der Waals surface area contributed by atoms with Crippen LogP contribution >= 0.6 is 11.6 Å². The summed E-state index contributed by atoms with van der Waals surface area (Å²) in [5.74, 6) is 0.330. The molecule has 1 fully saturated rings. The molecule has 6 heteroatoms. The average Bonchev–Trinajstić information content (AvgIpc) is 2.86. The van der Waals surface area contributed by atoms with Crippen LogP contribution in [0.15, 0.2) is 42.5 Å². The summed E-state index contributed by atoms with van der Waals surface area (Å²) in [6, 6.07) is 12.2. The van der Waals surface area contributed by atoms with Gasteiger partial charge in [-0.2, -0.15) is 0 Å². The first-order chi connectivity index (χ1) is 12.1. The Kier molecular flexibility index (Phi) is 3.88. The maximum absolute atomic E-state index is 12.9. The lowest BCUT2D eigenvalue weighted by Crippen LogP contribution is -2.39. The Labute approximate surface area is 150 Å². The normalized spacial score (nSPS) is 19.0. The van der Waals surface area contributed by atoms with Crippen LogP contribution in [-0.4, -0.2) is 29.5 Å². The molecule has 25 heavy (non-hydrogen) atoms. The van der Waals surface area contributed by atoms with Crippen LogP contribution in [0.4, 0.5) is 10.5 Å². The van der Waals surface area contributed by atoms with Gasteiger partial charge in [0.25, 0.3) is 5.91 Å². The Balaban J connectivity index is 1.66. The number of carbonyl (C=O) groups is 2. The van der Waals surface area contributed by atoms with E-state index in [2.05, 4.69) is 0 Å². The molecule has 0 spiro atoms. The van der Waals surface area contributed by atoms with E-state index in [0.29, 0.717) is 36.0 Å². The number of fused-ring (bicyclic) bond motifs is 2. The molecule has 0 aliphatic carbocycles. The maximum Gasteiger partial charge on any atom is 0.332 e. The minimum atomic E-state index is -0.451. The Morgan fingerprint density at radius 2 is 1.92 bits per heavy atom. The molecule has 2 aliphatic rings. The first-order valence-electron chi connectivity index (χ1n) is 8.24. The maximum atomic E-state index is 12.9. The summed E-state index contributed by atoms with van der Waals surface area (Å²) in [5.41, 5.74) is 2.69. The molecule has 0 bridgehead atoms. The predicted molar refractivity (Wildman–Crippen MR) is 95.0 cm³/mol. The van der Waals surface area contributed by atoms with Gasteiger partial charge in [0.05, 0.1) is 17.3 Å². The summed E-state index contributed by atoms with van der Waals surface area (Å²) in [6.07, 6.45) is 0.544. The SMILES string of the molecule is CCOc1ccc(N2C(=O)[C@@H]3Cc4ccccc4CN3C2=O)cc1Cl. The second-order valence-corrected chi connectivity index (χ2v) is 6.53. The molecular weight excluding hydrogens is 340 g/mol. The van der Waals surface area contributed by atoms with Crippen molar-refractivity contribution >= 4 is 29.2 Å². The highest BCUT2D eigenvalue weighted by Gasteiger charge is 2.47. The number of ether oxygens (including phenoxy) is 1. The fraction of sp³-hybridized carbons (Fsp3) is 0.263. The lowest BCUT2D eigenvalue weighted by Gasteiger charge is -2.28. The zero-order chi connectivity index (χ0) is 17.6. The minimum absolute atomic E-state index is 0.209. The first kappa shape index (κ1) is 16.0. The van der Waals surface area contributed by atoms with E-state index in [9.17, 15) is 9.59 Å². The van der Waals surface area contributed by atoms with Gasteiger partial charge in [0.1, 0.15) is 11.8 Å². The topological polar surface area (TPSA) is 49.9 Å². The monoisotopic (exact) mass is 356 g/mol. The highest BCUT2D eigenvalue weighted by Crippen LogP contribution is 2.35. The van der Waals surface area contributed by atoms with Crippen molar-refractivity contribution in [3.63, 3.8) is 0 Å². The van der Waals surface area contributed by atoms with Gasteiger partial charge < -0.3 is 9.64 Å². The van der Waals surface area contributed by atoms with E-state index < -0.39 is 6.04 Å². The van der Waals surface area contributed by atoms with Crippen LogP contribution in [0.5, 0.6) is 5.75 Å². The average molecular weight is 357 g/mol. The van der Waals surface area contributed by atoms with Gasteiger partial charge >= 0.3 is 6.03 Å². The lowest BCUT2D eigenvalue weighted by atomic mass is 9.95. The second kappa shape index (κ2) is 6.08. The number of nitrogens with zero attached hydrogens (tertiary/aromatic N) is 2. The van der Waals surface area contributed by atoms with Crippen molar-refractivity contribution in [3.05, 3.63) is 58.6 Å². The Morgan fingerprint density at radius 3 is 2.64 bits per heavy atom. The summed E-state index contributed by atoms with van der Waals surface area (Å²) < 4.78 is 5.41. The van der Waals surface area contributed by atoms with Crippen molar-refractivity contribution in [1.29, 1.82) is 0 Å². The standard InChI is InChI=1S/C19H17ClN2O3/c1-2-25-17-8-7-14(10-15(17)20)22-18(23)16-9-12-5-3-4-6-13(12)11-21(16)19(22)24/h3-8,10,16H,2,9,11H2,1H3/t16-/m0/s1. The molecule has 128 valence electrons. The van der Waals surface area contributed by atoms with Gasteiger partial charge in [-0.05, 0) is 36.2 Å². The summed E-state index contributed by atoms with van der Waals surface area (Å²) in [6.45, 7) is 2.81. The Hall–Kier alpha value is -2.53. The highest BCUT2D eigenvalue weighted by molar-refractivity contribution is 6.32. The zero-order valence-corrected chi connectivity index (χ0v) is 14.5. The highest BCUT2D eigenvalue weighted by atomic mass is 35.5. The molecule has 0 N–H and O–H groups in total. The molecule has 1 saturated heterocycles. The molecule has 0 saturated carbocycles. The van der Waals surface area contributed by atoms with Crippen LogP contribution in [0, 0.1) is 0 Å². The van der Waals surface area contributed by atoms with Gasteiger partial charge in [-0.25, -0.2) is 9.69 Å². The van der Waals surface area contributed by atoms with E-state index in [1.807, 2.05) is 31.2 Å². The second-order valence-electron chi connectivity index (χ2n) is 6.12. The molecule has 0 radical (unpaired) electrons. The van der Waals surface area contributed by atoms with Crippen molar-refractivity contribution in [3.8, 4) is 5.75 Å². The van der Waals surface area contributed by atoms with Crippen LogP contribution in [0.2, 0.25) is 5.02 Å². The predicted octanol–water partition coefficient (Wildman–Crippen LogP) is 3.63. The van der Waals surface area contributed by atoms with Crippen LogP contribution in [-0.2, 0) is 17.8 Å². The van der Waals surface area contributed by atoms with Gasteiger partial charge in [-0.3, -0.25) is 4.79 Å². The number of hydrogen-bond acceptors (Lipinski definition) is 3. The molecular formula is C19H17ClN2O3. The number of rotatable bonds is 3. The third kappa shape index (κ3) is 2.55. The number of carbonyl (C=O) groups excluding carboxylic acids is 2. The van der Waals surface area contributed by atoms with Gasteiger partial charge in [-0.1, -0.05) is 35.9 Å². The van der Waals surface area contributed by atoms with Crippen molar-refractivity contribution in [2.75, 3.05) is 11.5 Å². The van der Waals surface area contributed by atoms with Gasteiger partial charge in [0, 0.05) is 13.0 Å². The minimum Gasteiger partial charge on any atom is -0.492 e. The number of urea groups is 1. The van der Waals surface area contributed by atoms with Gasteiger partial charge in [0.15, 0.2) is 0 Å². The third-order valence-electron chi connectivity index (χ3n) is 4.66. The largest absolute Gasteiger partial charge is 0.492 e. The van der Waals surface area contributed by atoms with Crippen LogP contribution in [0.1, 0.15) is 18.1 Å². The van der Waals surface area contributed by atoms with E-state index in [4.69, 9.17) is 16.3 Å². The van der Waals surface area contributed by atoms with Crippen LogP contribution in [0.25, 0.3) is 0 Å². The van der Waals surface area contributed by atoms with E-state index >= 15 is 0 Å². The van der Waals surface area contributed by atoms with Gasteiger partial charge in [-0.15, -0.1) is 0 Å². The Morgan fingerprint density at radius 1 is 1.16 bits per heavy atom.